The summed E-state index contributed by atoms with van der Waals surface area (Å²) < 4.78 is 21.9. The van der Waals surface area contributed by atoms with E-state index >= 15 is 0 Å². The lowest BCUT2D eigenvalue weighted by Crippen LogP contribution is -2.12. The topological polar surface area (TPSA) is 92.2 Å². The lowest BCUT2D eigenvalue weighted by molar-refractivity contribution is 0.281. The molecule has 0 spiro atoms. The summed E-state index contributed by atoms with van der Waals surface area (Å²) in [6, 6.07) is 0. The number of hydrogen-bond donors (Lipinski definition) is 2. The highest BCUT2D eigenvalue weighted by molar-refractivity contribution is 7.98. The van der Waals surface area contributed by atoms with Gasteiger partial charge in [0.05, 0.1) is 12.4 Å². The number of aliphatic hydroxyl groups excluding tert-OH is 1. The van der Waals surface area contributed by atoms with Crippen LogP contribution in [0.1, 0.15) is 12.0 Å². The quantitative estimate of drug-likeness (QED) is 0.430. The van der Waals surface area contributed by atoms with Gasteiger partial charge in [-0.15, -0.1) is 0 Å². The van der Waals surface area contributed by atoms with Gasteiger partial charge in [0.1, 0.15) is 15.7 Å². The van der Waals surface area contributed by atoms with Crippen molar-refractivity contribution in [3.8, 4) is 0 Å². The molecule has 0 amide bonds. The number of rotatable bonds is 7. The maximum absolute atomic E-state index is 11.0. The van der Waals surface area contributed by atoms with Gasteiger partial charge in [0, 0.05) is 24.6 Å². The smallest absolute Gasteiger partial charge is 0.189 e. The summed E-state index contributed by atoms with van der Waals surface area (Å²) >= 11 is 1.41. The Morgan fingerprint density at radius 1 is 1.50 bits per heavy atom. The Morgan fingerprint density at radius 2 is 2.22 bits per heavy atom. The Labute approximate surface area is 111 Å². The van der Waals surface area contributed by atoms with Gasteiger partial charge in [-0.3, -0.25) is 0 Å². The number of hydrogen-bond acceptors (Lipinski definition) is 7. The van der Waals surface area contributed by atoms with Crippen molar-refractivity contribution in [1.29, 1.82) is 0 Å². The Kier molecular flexibility index (Phi) is 5.83. The Morgan fingerprint density at radius 3 is 2.78 bits per heavy atom. The van der Waals surface area contributed by atoms with E-state index in [4.69, 9.17) is 5.11 Å². The molecule has 1 rings (SSSR count). The standard InChI is InChI=1S/C10H17N3O3S2/c1-17-10-12-6-8(7-14)9(13-10)11-4-3-5-18(2,15)16/h6,14H,3-5,7H2,1-2H3,(H,11,12,13). The van der Waals surface area contributed by atoms with Gasteiger partial charge >= 0.3 is 0 Å². The molecule has 0 atom stereocenters. The SMILES string of the molecule is CSc1ncc(CO)c(NCCCS(C)(=O)=O)n1. The lowest BCUT2D eigenvalue weighted by atomic mass is 10.3. The fraction of sp³-hybridized carbons (Fsp3) is 0.600. The first kappa shape index (κ1) is 15.2. The predicted octanol–water partition coefficient (Wildman–Crippen LogP) is 0.537. The van der Waals surface area contributed by atoms with Crippen LogP contribution in [-0.2, 0) is 16.4 Å². The van der Waals surface area contributed by atoms with Gasteiger partial charge < -0.3 is 10.4 Å². The number of sulfone groups is 1. The molecule has 8 heteroatoms. The van der Waals surface area contributed by atoms with Gasteiger partial charge in [-0.2, -0.15) is 0 Å². The highest BCUT2D eigenvalue weighted by atomic mass is 32.2. The maximum atomic E-state index is 11.0. The van der Waals surface area contributed by atoms with Crippen molar-refractivity contribution >= 4 is 27.4 Å². The third-order valence-electron chi connectivity index (χ3n) is 2.18. The number of nitrogens with zero attached hydrogens (tertiary/aromatic N) is 2. The molecule has 0 saturated heterocycles. The summed E-state index contributed by atoms with van der Waals surface area (Å²) in [5.74, 6) is 0.694. The van der Waals surface area contributed by atoms with Crippen LogP contribution in [0, 0.1) is 0 Å². The molecule has 1 aromatic rings. The molecule has 0 aliphatic carbocycles. The van der Waals surface area contributed by atoms with Crippen molar-refractivity contribution < 1.29 is 13.5 Å². The summed E-state index contributed by atoms with van der Waals surface area (Å²) in [5, 5.41) is 12.8. The van der Waals surface area contributed by atoms with E-state index < -0.39 is 9.84 Å². The van der Waals surface area contributed by atoms with Crippen LogP contribution in [0.5, 0.6) is 0 Å². The molecule has 2 N–H and O–H groups in total. The van der Waals surface area contributed by atoms with E-state index in [1.165, 1.54) is 18.0 Å². The zero-order valence-electron chi connectivity index (χ0n) is 10.4. The Balaban J connectivity index is 2.60. The number of aromatic nitrogens is 2. The van der Waals surface area contributed by atoms with Crippen molar-refractivity contribution in [2.45, 2.75) is 18.2 Å². The van der Waals surface area contributed by atoms with Gasteiger partial charge in [-0.1, -0.05) is 11.8 Å². The Hall–Kier alpha value is -0.860. The molecule has 18 heavy (non-hydrogen) atoms. The fourth-order valence-electron chi connectivity index (χ4n) is 1.30. The fourth-order valence-corrected chi connectivity index (χ4v) is 2.31. The van der Waals surface area contributed by atoms with E-state index in [0.29, 0.717) is 29.5 Å². The van der Waals surface area contributed by atoms with E-state index in [9.17, 15) is 8.42 Å². The Bertz CT molecular complexity index is 491. The zero-order chi connectivity index (χ0) is 13.6. The van der Waals surface area contributed by atoms with E-state index in [1.807, 2.05) is 6.26 Å². The minimum Gasteiger partial charge on any atom is -0.391 e. The van der Waals surface area contributed by atoms with Crippen molar-refractivity contribution in [3.63, 3.8) is 0 Å². The summed E-state index contributed by atoms with van der Waals surface area (Å²) in [5.41, 5.74) is 0.604. The highest BCUT2D eigenvalue weighted by Crippen LogP contribution is 2.16. The van der Waals surface area contributed by atoms with Crippen LogP contribution < -0.4 is 5.32 Å². The van der Waals surface area contributed by atoms with E-state index in [2.05, 4.69) is 15.3 Å². The third-order valence-corrected chi connectivity index (χ3v) is 3.77. The van der Waals surface area contributed by atoms with Crippen molar-refractivity contribution in [2.24, 2.45) is 0 Å². The molecule has 0 radical (unpaired) electrons. The number of aliphatic hydroxyl groups is 1. The second kappa shape index (κ2) is 6.91. The molecule has 0 aliphatic rings. The first-order valence-corrected chi connectivity index (χ1v) is 8.67. The lowest BCUT2D eigenvalue weighted by Gasteiger charge is -2.09. The number of nitrogens with one attached hydrogen (secondary N) is 1. The molecule has 0 aromatic carbocycles. The van der Waals surface area contributed by atoms with Crippen LogP contribution in [-0.4, -0.2) is 48.3 Å². The van der Waals surface area contributed by atoms with E-state index in [-0.39, 0.29) is 12.4 Å². The van der Waals surface area contributed by atoms with E-state index in [0.717, 1.165) is 0 Å². The average Bonchev–Trinajstić information content (AvgIpc) is 2.33. The van der Waals surface area contributed by atoms with E-state index in [1.54, 1.807) is 6.20 Å². The van der Waals surface area contributed by atoms with Crippen LogP contribution in [0.25, 0.3) is 0 Å². The largest absolute Gasteiger partial charge is 0.391 e. The summed E-state index contributed by atoms with van der Waals surface area (Å²) in [6.45, 7) is 0.341. The zero-order valence-corrected chi connectivity index (χ0v) is 12.0. The number of thioether (sulfide) groups is 1. The first-order chi connectivity index (χ1) is 8.46. The monoisotopic (exact) mass is 291 g/mol. The molecule has 6 nitrogen and oxygen atoms in total. The summed E-state index contributed by atoms with van der Waals surface area (Å²) in [6.07, 6.45) is 5.14. The van der Waals surface area contributed by atoms with Crippen LogP contribution >= 0.6 is 11.8 Å². The predicted molar refractivity (Wildman–Crippen MR) is 72.6 cm³/mol. The molecule has 1 aromatic heterocycles. The van der Waals surface area contributed by atoms with Crippen LogP contribution in [0.2, 0.25) is 0 Å². The minimum absolute atomic E-state index is 0.134. The van der Waals surface area contributed by atoms with Crippen molar-refractivity contribution in [2.75, 3.05) is 30.1 Å². The normalized spacial score (nSPS) is 11.5. The third kappa shape index (κ3) is 5.19. The van der Waals surface area contributed by atoms with Gasteiger partial charge in [-0.25, -0.2) is 18.4 Å². The molecule has 0 aliphatic heterocycles. The van der Waals surface area contributed by atoms with Crippen molar-refractivity contribution in [3.05, 3.63) is 11.8 Å². The second-order valence-electron chi connectivity index (χ2n) is 3.80. The van der Waals surface area contributed by atoms with Crippen LogP contribution in [0.15, 0.2) is 11.4 Å². The second-order valence-corrected chi connectivity index (χ2v) is 6.83. The molecule has 0 bridgehead atoms. The summed E-state index contributed by atoms with van der Waals surface area (Å²) in [4.78, 5) is 8.28. The first-order valence-electron chi connectivity index (χ1n) is 5.38. The van der Waals surface area contributed by atoms with Crippen LogP contribution in [0.4, 0.5) is 5.82 Å². The molecule has 0 fully saturated rings. The molecular formula is C10H17N3O3S2. The molecule has 102 valence electrons. The minimum atomic E-state index is -2.93. The molecule has 0 unspecified atom stereocenters. The van der Waals surface area contributed by atoms with Gasteiger partial charge in [0.25, 0.3) is 0 Å². The van der Waals surface area contributed by atoms with Crippen LogP contribution in [0.3, 0.4) is 0 Å². The average molecular weight is 291 g/mol. The van der Waals surface area contributed by atoms with Crippen molar-refractivity contribution in [1.82, 2.24) is 9.97 Å². The maximum Gasteiger partial charge on any atom is 0.189 e. The van der Waals surface area contributed by atoms with Gasteiger partial charge in [0.15, 0.2) is 5.16 Å². The van der Waals surface area contributed by atoms with Gasteiger partial charge in [-0.05, 0) is 12.7 Å². The molecule has 0 saturated carbocycles. The molecule has 1 heterocycles. The summed E-state index contributed by atoms with van der Waals surface area (Å²) in [7, 11) is -2.93. The molecular weight excluding hydrogens is 274 g/mol. The number of anilines is 1. The highest BCUT2D eigenvalue weighted by Gasteiger charge is 2.06. The van der Waals surface area contributed by atoms with Gasteiger partial charge in [0.2, 0.25) is 0 Å².